The lowest BCUT2D eigenvalue weighted by Gasteiger charge is -2.29. The summed E-state index contributed by atoms with van der Waals surface area (Å²) in [4.78, 5) is 13.0. The zero-order valence-corrected chi connectivity index (χ0v) is 12.1. The van der Waals surface area contributed by atoms with Gasteiger partial charge in [0.2, 0.25) is 0 Å². The number of carbonyl (C=O) groups is 1. The first-order chi connectivity index (χ1) is 10.5. The second-order valence-corrected chi connectivity index (χ2v) is 6.03. The zero-order chi connectivity index (χ0) is 15.7. The minimum Gasteiger partial charge on any atom is -0.303 e. The van der Waals surface area contributed by atoms with E-state index in [0.717, 1.165) is 50.3 Å². The number of halogens is 3. The van der Waals surface area contributed by atoms with Crippen molar-refractivity contribution in [2.45, 2.75) is 31.5 Å². The molecule has 2 nitrogen and oxygen atoms in total. The molecule has 1 saturated heterocycles. The predicted octanol–water partition coefficient (Wildman–Crippen LogP) is 3.77. The number of rotatable bonds is 3. The summed E-state index contributed by atoms with van der Waals surface area (Å²) in [6.07, 6.45) is 0.914. The summed E-state index contributed by atoms with van der Waals surface area (Å²) in [5.74, 6) is 0.147. The van der Waals surface area contributed by atoms with Crippen molar-refractivity contribution in [3.63, 3.8) is 0 Å². The third-order valence-electron chi connectivity index (χ3n) is 4.51. The molecule has 1 unspecified atom stereocenters. The summed E-state index contributed by atoms with van der Waals surface area (Å²) in [5.41, 5.74) is 0.726. The maximum atomic E-state index is 13.0. The number of likely N-dealkylation sites (tertiary alicyclic amines) is 1. The Morgan fingerprint density at radius 1 is 1.14 bits per heavy atom. The first-order valence-electron chi connectivity index (χ1n) is 7.55. The second-order valence-electron chi connectivity index (χ2n) is 6.03. The lowest BCUT2D eigenvalue weighted by Crippen LogP contribution is -2.35. The van der Waals surface area contributed by atoms with Crippen molar-refractivity contribution in [1.29, 1.82) is 0 Å². The Labute approximate surface area is 127 Å². The summed E-state index contributed by atoms with van der Waals surface area (Å²) < 4.78 is 38.9. The minimum absolute atomic E-state index is 0.147. The van der Waals surface area contributed by atoms with Gasteiger partial charge in [-0.1, -0.05) is 29.8 Å². The number of carbonyl (C=O) groups excluding carboxylic acids is 1. The molecule has 118 valence electrons. The van der Waals surface area contributed by atoms with Gasteiger partial charge in [-0.3, -0.25) is 4.90 Å². The molecule has 0 radical (unpaired) electrons. The molecule has 5 heteroatoms. The summed E-state index contributed by atoms with van der Waals surface area (Å²) >= 11 is 0. The van der Waals surface area contributed by atoms with E-state index in [2.05, 4.69) is 4.90 Å². The van der Waals surface area contributed by atoms with Crippen LogP contribution >= 0.6 is 0 Å². The maximum absolute atomic E-state index is 13.0. The molecule has 1 aromatic carbocycles. The van der Waals surface area contributed by atoms with Crippen LogP contribution in [0.1, 0.15) is 30.4 Å². The monoisotopic (exact) mass is 309 g/mol. The van der Waals surface area contributed by atoms with Crippen molar-refractivity contribution >= 4 is 12.4 Å². The van der Waals surface area contributed by atoms with E-state index in [0.29, 0.717) is 0 Å². The highest BCUT2D eigenvalue weighted by Gasteiger charge is 2.38. The van der Waals surface area contributed by atoms with E-state index in [1.54, 1.807) is 12.1 Å². The van der Waals surface area contributed by atoms with Crippen LogP contribution in [0.15, 0.2) is 29.8 Å². The Bertz CT molecular complexity index is 586. The first kappa shape index (κ1) is 15.3. The molecule has 0 amide bonds. The van der Waals surface area contributed by atoms with Crippen molar-refractivity contribution in [1.82, 2.24) is 4.90 Å². The van der Waals surface area contributed by atoms with Gasteiger partial charge in [-0.15, -0.1) is 0 Å². The topological polar surface area (TPSA) is 20.3 Å². The highest BCUT2D eigenvalue weighted by molar-refractivity contribution is 5.62. The third kappa shape index (κ3) is 3.24. The molecule has 2 fully saturated rings. The molecular weight excluding hydrogens is 291 g/mol. The molecule has 2 aliphatic rings. The van der Waals surface area contributed by atoms with Gasteiger partial charge < -0.3 is 4.79 Å². The predicted molar refractivity (Wildman–Crippen MR) is 78.2 cm³/mol. The Morgan fingerprint density at radius 2 is 1.82 bits per heavy atom. The SMILES string of the molecule is O=CC1CCN(C2CC2=Cc2ccccc2C(F)(F)F)CC1. The van der Waals surface area contributed by atoms with Gasteiger partial charge in [0.1, 0.15) is 6.29 Å². The van der Waals surface area contributed by atoms with Crippen LogP contribution < -0.4 is 0 Å². The highest BCUT2D eigenvalue weighted by Crippen LogP contribution is 2.40. The molecule has 0 spiro atoms. The van der Waals surface area contributed by atoms with Gasteiger partial charge in [-0.2, -0.15) is 13.2 Å². The molecule has 22 heavy (non-hydrogen) atoms. The van der Waals surface area contributed by atoms with Crippen LogP contribution in [-0.2, 0) is 11.0 Å². The molecule has 1 aliphatic carbocycles. The fourth-order valence-corrected chi connectivity index (χ4v) is 3.13. The van der Waals surface area contributed by atoms with Crippen molar-refractivity contribution in [3.05, 3.63) is 41.0 Å². The number of aldehydes is 1. The van der Waals surface area contributed by atoms with Crippen LogP contribution in [0.25, 0.3) is 6.08 Å². The van der Waals surface area contributed by atoms with Crippen molar-refractivity contribution in [2.24, 2.45) is 5.92 Å². The number of piperidine rings is 1. The Hall–Kier alpha value is -1.62. The normalized spacial score (nSPS) is 25.4. The first-order valence-corrected chi connectivity index (χ1v) is 7.55. The van der Waals surface area contributed by atoms with Crippen LogP contribution in [0, 0.1) is 5.92 Å². The Morgan fingerprint density at radius 3 is 2.45 bits per heavy atom. The molecular formula is C17H18F3NO. The largest absolute Gasteiger partial charge is 0.416 e. The molecule has 1 atom stereocenters. The van der Waals surface area contributed by atoms with Crippen molar-refractivity contribution in [3.8, 4) is 0 Å². The van der Waals surface area contributed by atoms with Gasteiger partial charge in [0.25, 0.3) is 0 Å². The van der Waals surface area contributed by atoms with Crippen LogP contribution in [0.4, 0.5) is 13.2 Å². The van der Waals surface area contributed by atoms with E-state index in [9.17, 15) is 18.0 Å². The van der Waals surface area contributed by atoms with Crippen LogP contribution in [-0.4, -0.2) is 30.3 Å². The van der Waals surface area contributed by atoms with Crippen molar-refractivity contribution < 1.29 is 18.0 Å². The third-order valence-corrected chi connectivity index (χ3v) is 4.51. The average molecular weight is 309 g/mol. The van der Waals surface area contributed by atoms with E-state index < -0.39 is 11.7 Å². The van der Waals surface area contributed by atoms with E-state index in [1.165, 1.54) is 12.1 Å². The lowest BCUT2D eigenvalue weighted by atomic mass is 9.98. The number of hydrogen-bond donors (Lipinski definition) is 0. The van der Waals surface area contributed by atoms with Crippen LogP contribution in [0.3, 0.4) is 0 Å². The smallest absolute Gasteiger partial charge is 0.303 e. The quantitative estimate of drug-likeness (QED) is 0.792. The summed E-state index contributed by atoms with van der Waals surface area (Å²) in [6.45, 7) is 1.71. The van der Waals surface area contributed by atoms with Gasteiger partial charge in [0, 0.05) is 12.0 Å². The molecule has 1 aliphatic heterocycles. The highest BCUT2D eigenvalue weighted by atomic mass is 19.4. The van der Waals surface area contributed by atoms with Gasteiger partial charge in [-0.05, 0) is 44.0 Å². The Balaban J connectivity index is 1.70. The van der Waals surface area contributed by atoms with E-state index >= 15 is 0 Å². The summed E-state index contributed by atoms with van der Waals surface area (Å²) in [7, 11) is 0. The van der Waals surface area contributed by atoms with Gasteiger partial charge in [0.15, 0.2) is 0 Å². The fraction of sp³-hybridized carbons (Fsp3) is 0.471. The number of benzene rings is 1. The zero-order valence-electron chi connectivity index (χ0n) is 12.1. The molecule has 0 bridgehead atoms. The van der Waals surface area contributed by atoms with Crippen LogP contribution in [0.5, 0.6) is 0 Å². The van der Waals surface area contributed by atoms with Crippen molar-refractivity contribution in [2.75, 3.05) is 13.1 Å². The molecule has 1 saturated carbocycles. The van der Waals surface area contributed by atoms with E-state index in [-0.39, 0.29) is 17.5 Å². The van der Waals surface area contributed by atoms with E-state index in [4.69, 9.17) is 0 Å². The average Bonchev–Trinajstić information content (AvgIpc) is 3.26. The minimum atomic E-state index is -4.32. The summed E-state index contributed by atoms with van der Waals surface area (Å²) in [6, 6.07) is 5.95. The molecule has 0 aromatic heterocycles. The molecule has 0 N–H and O–H groups in total. The van der Waals surface area contributed by atoms with Crippen LogP contribution in [0.2, 0.25) is 0 Å². The van der Waals surface area contributed by atoms with Gasteiger partial charge in [0.05, 0.1) is 5.56 Å². The maximum Gasteiger partial charge on any atom is 0.416 e. The number of alkyl halides is 3. The summed E-state index contributed by atoms with van der Waals surface area (Å²) in [5, 5.41) is 0. The standard InChI is InChI=1S/C17H18F3NO/c18-17(19,20)15-4-2-1-3-13(15)9-14-10-16(14)21-7-5-12(11-22)6-8-21/h1-4,9,11-12,16H,5-8,10H2. The molecule has 3 rings (SSSR count). The number of nitrogens with zero attached hydrogens (tertiary/aromatic N) is 1. The molecule has 1 heterocycles. The number of hydrogen-bond acceptors (Lipinski definition) is 2. The van der Waals surface area contributed by atoms with E-state index in [1.807, 2.05) is 0 Å². The molecule has 1 aromatic rings. The lowest BCUT2D eigenvalue weighted by molar-refractivity contribution is -0.137. The second kappa shape index (κ2) is 5.88. The van der Waals surface area contributed by atoms with Gasteiger partial charge in [-0.25, -0.2) is 0 Å². The van der Waals surface area contributed by atoms with Gasteiger partial charge >= 0.3 is 6.18 Å². The Kier molecular flexibility index (Phi) is 4.08. The fourth-order valence-electron chi connectivity index (χ4n) is 3.13.